The number of nitrogen functional groups attached to an aromatic ring is 1. The molecule has 0 saturated carbocycles. The van der Waals surface area contributed by atoms with Crippen LogP contribution in [0.25, 0.3) is 23.0 Å². The molecule has 18 heavy (non-hydrogen) atoms. The minimum Gasteiger partial charge on any atom is -0.368 e. The molecule has 0 fully saturated rings. The maximum atomic E-state index is 5.59. The number of aryl methyl sites for hydroxylation is 1. The number of hydrogen-bond donors (Lipinski definition) is 1. The topological polar surface area (TPSA) is 90.7 Å². The van der Waals surface area contributed by atoms with Crippen molar-refractivity contribution < 1.29 is 4.52 Å². The van der Waals surface area contributed by atoms with Crippen LogP contribution in [0.2, 0.25) is 0 Å². The third kappa shape index (κ3) is 1.95. The van der Waals surface area contributed by atoms with Crippen molar-refractivity contribution in [3.63, 3.8) is 0 Å². The van der Waals surface area contributed by atoms with Crippen molar-refractivity contribution in [1.82, 2.24) is 20.1 Å². The molecule has 0 aliphatic carbocycles. The van der Waals surface area contributed by atoms with Crippen molar-refractivity contribution >= 4 is 17.3 Å². The van der Waals surface area contributed by atoms with Gasteiger partial charge in [0, 0.05) is 16.6 Å². The predicted octanol–water partition coefficient (Wildman–Crippen LogP) is 2.15. The van der Waals surface area contributed by atoms with Gasteiger partial charge in [0.15, 0.2) is 0 Å². The Kier molecular flexibility index (Phi) is 2.52. The molecule has 0 unspecified atom stereocenters. The van der Waals surface area contributed by atoms with Crippen molar-refractivity contribution in [2.45, 2.75) is 6.92 Å². The van der Waals surface area contributed by atoms with Gasteiger partial charge in [0.25, 0.3) is 5.89 Å². The highest BCUT2D eigenvalue weighted by molar-refractivity contribution is 7.08. The summed E-state index contributed by atoms with van der Waals surface area (Å²) in [4.78, 5) is 12.4. The molecular weight excluding hydrogens is 250 g/mol. The first-order valence-electron chi connectivity index (χ1n) is 5.20. The molecule has 3 aromatic rings. The number of nitrogens with two attached hydrogens (primary N) is 1. The highest BCUT2D eigenvalue weighted by Crippen LogP contribution is 2.23. The quantitative estimate of drug-likeness (QED) is 0.758. The van der Waals surface area contributed by atoms with E-state index in [1.165, 1.54) is 0 Å². The van der Waals surface area contributed by atoms with Crippen LogP contribution in [0.5, 0.6) is 0 Å². The molecule has 0 atom stereocenters. The second-order valence-corrected chi connectivity index (χ2v) is 4.47. The number of rotatable bonds is 2. The van der Waals surface area contributed by atoms with E-state index in [4.69, 9.17) is 10.3 Å². The second kappa shape index (κ2) is 4.19. The van der Waals surface area contributed by atoms with Crippen LogP contribution in [0.15, 0.2) is 27.4 Å². The van der Waals surface area contributed by atoms with Gasteiger partial charge in [-0.15, -0.1) is 0 Å². The normalized spacial score (nSPS) is 10.7. The summed E-state index contributed by atoms with van der Waals surface area (Å²) in [6.45, 7) is 1.83. The SMILES string of the molecule is Cc1cc(-c2nc(-c3ccsc3)no2)nc(N)n1. The van der Waals surface area contributed by atoms with Crippen LogP contribution in [0.1, 0.15) is 5.69 Å². The Balaban J connectivity index is 2.03. The van der Waals surface area contributed by atoms with Crippen LogP contribution < -0.4 is 5.73 Å². The Labute approximate surface area is 107 Å². The van der Waals surface area contributed by atoms with Crippen LogP contribution >= 0.6 is 11.3 Å². The van der Waals surface area contributed by atoms with Crippen molar-refractivity contribution in [3.8, 4) is 23.0 Å². The fraction of sp³-hybridized carbons (Fsp3) is 0.0909. The van der Waals surface area contributed by atoms with E-state index >= 15 is 0 Å². The van der Waals surface area contributed by atoms with E-state index in [1.807, 2.05) is 23.8 Å². The molecule has 0 aliphatic rings. The Morgan fingerprint density at radius 2 is 2.17 bits per heavy atom. The van der Waals surface area contributed by atoms with E-state index in [0.29, 0.717) is 17.4 Å². The molecular formula is C11H9N5OS. The van der Waals surface area contributed by atoms with Crippen LogP contribution in [0.3, 0.4) is 0 Å². The van der Waals surface area contributed by atoms with Crippen LogP contribution in [0, 0.1) is 6.92 Å². The standard InChI is InChI=1S/C11H9N5OS/c1-6-4-8(14-11(12)13-6)10-15-9(16-17-10)7-2-3-18-5-7/h2-5H,1H3,(H2,12,13,14). The lowest BCUT2D eigenvalue weighted by Crippen LogP contribution is -1.98. The van der Waals surface area contributed by atoms with Crippen molar-refractivity contribution in [2.24, 2.45) is 0 Å². The smallest absolute Gasteiger partial charge is 0.277 e. The molecule has 0 aromatic carbocycles. The van der Waals surface area contributed by atoms with Crippen LogP contribution in [0.4, 0.5) is 5.95 Å². The summed E-state index contributed by atoms with van der Waals surface area (Å²) in [7, 11) is 0. The molecule has 0 aliphatic heterocycles. The van der Waals surface area contributed by atoms with E-state index in [9.17, 15) is 0 Å². The van der Waals surface area contributed by atoms with Crippen LogP contribution in [-0.4, -0.2) is 20.1 Å². The molecule has 7 heteroatoms. The lowest BCUT2D eigenvalue weighted by Gasteiger charge is -1.97. The van der Waals surface area contributed by atoms with Gasteiger partial charge in [0.1, 0.15) is 5.69 Å². The van der Waals surface area contributed by atoms with Crippen molar-refractivity contribution in [3.05, 3.63) is 28.6 Å². The molecule has 0 amide bonds. The molecule has 90 valence electrons. The number of nitrogens with zero attached hydrogens (tertiary/aromatic N) is 4. The van der Waals surface area contributed by atoms with Gasteiger partial charge in [-0.2, -0.15) is 16.3 Å². The van der Waals surface area contributed by atoms with Crippen LogP contribution in [-0.2, 0) is 0 Å². The third-order valence-electron chi connectivity index (χ3n) is 2.30. The van der Waals surface area contributed by atoms with E-state index in [2.05, 4.69) is 20.1 Å². The number of hydrogen-bond acceptors (Lipinski definition) is 7. The summed E-state index contributed by atoms with van der Waals surface area (Å²) >= 11 is 1.58. The molecule has 3 rings (SSSR count). The minimum absolute atomic E-state index is 0.195. The van der Waals surface area contributed by atoms with Gasteiger partial charge in [-0.05, 0) is 24.4 Å². The van der Waals surface area contributed by atoms with E-state index < -0.39 is 0 Å². The zero-order valence-corrected chi connectivity index (χ0v) is 10.3. The molecule has 0 radical (unpaired) electrons. The summed E-state index contributed by atoms with van der Waals surface area (Å²) in [5.41, 5.74) is 7.81. The lowest BCUT2D eigenvalue weighted by molar-refractivity contribution is 0.431. The highest BCUT2D eigenvalue weighted by Gasteiger charge is 2.13. The first-order valence-corrected chi connectivity index (χ1v) is 6.14. The molecule has 3 heterocycles. The van der Waals surface area contributed by atoms with Gasteiger partial charge < -0.3 is 10.3 Å². The molecule has 2 N–H and O–H groups in total. The third-order valence-corrected chi connectivity index (χ3v) is 2.98. The van der Waals surface area contributed by atoms with E-state index in [0.717, 1.165) is 11.3 Å². The fourth-order valence-corrected chi connectivity index (χ4v) is 2.17. The zero-order valence-electron chi connectivity index (χ0n) is 9.49. The summed E-state index contributed by atoms with van der Waals surface area (Å²) < 4.78 is 5.18. The van der Waals surface area contributed by atoms with Gasteiger partial charge in [-0.1, -0.05) is 5.16 Å². The molecule has 0 saturated heterocycles. The number of thiophene rings is 1. The maximum Gasteiger partial charge on any atom is 0.277 e. The first-order chi connectivity index (χ1) is 8.72. The Hall–Kier alpha value is -2.28. The number of aromatic nitrogens is 4. The predicted molar refractivity (Wildman–Crippen MR) is 67.8 cm³/mol. The van der Waals surface area contributed by atoms with Gasteiger partial charge in [-0.25, -0.2) is 9.97 Å². The van der Waals surface area contributed by atoms with Crippen molar-refractivity contribution in [1.29, 1.82) is 0 Å². The van der Waals surface area contributed by atoms with E-state index in [-0.39, 0.29) is 5.95 Å². The van der Waals surface area contributed by atoms with Gasteiger partial charge in [-0.3, -0.25) is 0 Å². The van der Waals surface area contributed by atoms with Crippen molar-refractivity contribution in [2.75, 3.05) is 5.73 Å². The lowest BCUT2D eigenvalue weighted by atomic mass is 10.3. The first kappa shape index (κ1) is 10.8. The fourth-order valence-electron chi connectivity index (χ4n) is 1.54. The molecule has 0 bridgehead atoms. The summed E-state index contributed by atoms with van der Waals surface area (Å²) in [6.07, 6.45) is 0. The summed E-state index contributed by atoms with van der Waals surface area (Å²) in [5.74, 6) is 1.08. The largest absolute Gasteiger partial charge is 0.368 e. The summed E-state index contributed by atoms with van der Waals surface area (Å²) in [5, 5.41) is 7.82. The Bertz CT molecular complexity index is 656. The number of anilines is 1. The van der Waals surface area contributed by atoms with E-state index in [1.54, 1.807) is 17.4 Å². The molecule has 3 aromatic heterocycles. The Morgan fingerprint density at radius 3 is 2.89 bits per heavy atom. The minimum atomic E-state index is 0.195. The molecule has 6 nitrogen and oxygen atoms in total. The average molecular weight is 259 g/mol. The Morgan fingerprint density at radius 1 is 1.28 bits per heavy atom. The van der Waals surface area contributed by atoms with Gasteiger partial charge in [0.2, 0.25) is 11.8 Å². The highest BCUT2D eigenvalue weighted by atomic mass is 32.1. The average Bonchev–Trinajstić information content (AvgIpc) is 2.99. The monoisotopic (exact) mass is 259 g/mol. The zero-order chi connectivity index (χ0) is 12.5. The second-order valence-electron chi connectivity index (χ2n) is 3.69. The maximum absolute atomic E-state index is 5.59. The van der Waals surface area contributed by atoms with Gasteiger partial charge >= 0.3 is 0 Å². The molecule has 0 spiro atoms. The van der Waals surface area contributed by atoms with Gasteiger partial charge in [0.05, 0.1) is 0 Å². The summed E-state index contributed by atoms with van der Waals surface area (Å²) in [6, 6.07) is 3.68.